The van der Waals surface area contributed by atoms with Gasteiger partial charge in [-0.05, 0) is 44.4 Å². The molecule has 4 aliphatic carbocycles. The third-order valence-electron chi connectivity index (χ3n) is 7.95. The summed E-state index contributed by atoms with van der Waals surface area (Å²) in [4.78, 5) is 24.4. The molecule has 0 saturated heterocycles. The lowest BCUT2D eigenvalue weighted by Crippen LogP contribution is -2.82. The van der Waals surface area contributed by atoms with Crippen molar-refractivity contribution in [1.82, 2.24) is 0 Å². The number of hydrogen-bond acceptors (Lipinski definition) is 2. The van der Waals surface area contributed by atoms with Crippen LogP contribution in [0.25, 0.3) is 0 Å². The second-order valence-corrected chi connectivity index (χ2v) is 8.82. The van der Waals surface area contributed by atoms with E-state index >= 15 is 0 Å². The summed E-state index contributed by atoms with van der Waals surface area (Å²) in [6, 6.07) is 0. The van der Waals surface area contributed by atoms with E-state index in [0.29, 0.717) is 36.2 Å². The zero-order valence-corrected chi connectivity index (χ0v) is 13.9. The molecule has 3 N–H and O–H groups in total. The largest absolute Gasteiger partial charge is 0.352 e. The Bertz CT molecular complexity index is 594. The molecule has 4 aliphatic rings. The van der Waals surface area contributed by atoms with Crippen LogP contribution in [0, 0.1) is 22.7 Å². The molecule has 0 spiro atoms. The van der Waals surface area contributed by atoms with Crippen LogP contribution in [0.3, 0.4) is 0 Å². The van der Waals surface area contributed by atoms with Crippen molar-refractivity contribution in [2.75, 3.05) is 0 Å². The molecule has 3 fully saturated rings. The molecule has 3 saturated carbocycles. The highest BCUT2D eigenvalue weighted by Gasteiger charge is 2.62. The van der Waals surface area contributed by atoms with E-state index in [1.807, 2.05) is 0 Å². The molecule has 0 amide bonds. The number of carbonyl (C=O) groups is 2. The Labute approximate surface area is 132 Å². The molecular weight excluding hydrogens is 274 g/mol. The van der Waals surface area contributed by atoms with E-state index in [-0.39, 0.29) is 16.4 Å². The molecule has 22 heavy (non-hydrogen) atoms. The minimum atomic E-state index is -0.115. The number of ketones is 2. The van der Waals surface area contributed by atoms with E-state index in [9.17, 15) is 9.59 Å². The minimum absolute atomic E-state index is 0.0663. The van der Waals surface area contributed by atoms with E-state index in [4.69, 9.17) is 0 Å². The maximum absolute atomic E-state index is 12.4. The summed E-state index contributed by atoms with van der Waals surface area (Å²) in [5.74, 6) is 1.95. The van der Waals surface area contributed by atoms with Crippen LogP contribution in [0.1, 0.15) is 65.2 Å². The summed E-state index contributed by atoms with van der Waals surface area (Å²) in [7, 11) is 0. The first-order valence-electron chi connectivity index (χ1n) is 8.91. The molecule has 5 atom stereocenters. The van der Waals surface area contributed by atoms with Gasteiger partial charge in [0.1, 0.15) is 17.1 Å². The van der Waals surface area contributed by atoms with Gasteiger partial charge < -0.3 is 5.73 Å². The summed E-state index contributed by atoms with van der Waals surface area (Å²) >= 11 is 0. The lowest BCUT2D eigenvalue weighted by Gasteiger charge is -2.57. The third-order valence-corrected chi connectivity index (χ3v) is 7.95. The Morgan fingerprint density at radius 2 is 1.91 bits per heavy atom. The van der Waals surface area contributed by atoms with E-state index in [1.54, 1.807) is 5.57 Å². The van der Waals surface area contributed by atoms with Crippen molar-refractivity contribution in [3.8, 4) is 0 Å². The lowest BCUT2D eigenvalue weighted by atomic mass is 9.47. The summed E-state index contributed by atoms with van der Waals surface area (Å²) in [5.41, 5.74) is 5.95. The summed E-state index contributed by atoms with van der Waals surface area (Å²) < 4.78 is 0. The molecule has 4 rings (SSSR count). The summed E-state index contributed by atoms with van der Waals surface area (Å²) in [6.45, 7) is 4.54. The molecule has 0 heterocycles. The highest BCUT2D eigenvalue weighted by molar-refractivity contribution is 5.87. The van der Waals surface area contributed by atoms with Gasteiger partial charge in [-0.15, -0.1) is 0 Å². The van der Waals surface area contributed by atoms with Crippen LogP contribution < -0.4 is 5.73 Å². The second kappa shape index (κ2) is 4.31. The monoisotopic (exact) mass is 302 g/mol. The number of fused-ring (bicyclic) bond motifs is 5. The number of rotatable bonds is 0. The van der Waals surface area contributed by atoms with Crippen LogP contribution in [-0.4, -0.2) is 17.1 Å². The molecule has 0 aromatic carbocycles. The first-order chi connectivity index (χ1) is 10.3. The molecule has 120 valence electrons. The second-order valence-electron chi connectivity index (χ2n) is 8.82. The maximum atomic E-state index is 12.4. The highest BCUT2D eigenvalue weighted by atomic mass is 16.1. The first-order valence-corrected chi connectivity index (χ1v) is 8.91. The van der Waals surface area contributed by atoms with Crippen LogP contribution >= 0.6 is 0 Å². The van der Waals surface area contributed by atoms with Gasteiger partial charge in [-0.25, -0.2) is 0 Å². The molecular formula is C19H28NO2+. The average molecular weight is 302 g/mol. The number of carbonyl (C=O) groups excluding carboxylic acids is 2. The van der Waals surface area contributed by atoms with Crippen molar-refractivity contribution < 1.29 is 15.3 Å². The topological polar surface area (TPSA) is 61.8 Å². The normalized spacial score (nSPS) is 51.0. The molecule has 0 unspecified atom stereocenters. The van der Waals surface area contributed by atoms with E-state index < -0.39 is 0 Å². The van der Waals surface area contributed by atoms with Crippen LogP contribution in [0.5, 0.6) is 0 Å². The molecule has 0 aromatic rings. The van der Waals surface area contributed by atoms with Gasteiger partial charge in [0.25, 0.3) is 0 Å². The quantitative estimate of drug-likeness (QED) is 0.699. The van der Waals surface area contributed by atoms with Gasteiger partial charge in [-0.2, -0.15) is 0 Å². The van der Waals surface area contributed by atoms with Crippen LogP contribution in [0.15, 0.2) is 11.6 Å². The van der Waals surface area contributed by atoms with Gasteiger partial charge in [0.05, 0.1) is 6.42 Å². The minimum Gasteiger partial charge on any atom is -0.352 e. The van der Waals surface area contributed by atoms with Crippen molar-refractivity contribution in [3.63, 3.8) is 0 Å². The molecule has 3 heteroatoms. The smallest absolute Gasteiger partial charge is 0.139 e. The number of hydrogen-bond donors (Lipinski definition) is 1. The standard InChI is InChI=1S/C19H27NO2/c1-17-8-7-15-13(14(17)3-4-16(17)22)6-10-19(20)11-12(21)5-9-18(15,19)2/h7,13-14H,3-6,8-11,20H2,1-2H3/p+1/t13-,14+,17+,18-,19+/m0/s1. The molecule has 0 bridgehead atoms. The zero-order chi connectivity index (χ0) is 15.8. The fourth-order valence-corrected chi connectivity index (χ4v) is 6.25. The lowest BCUT2D eigenvalue weighted by molar-refractivity contribution is -0.510. The fraction of sp³-hybridized carbons (Fsp3) is 0.789. The number of allylic oxidation sites excluding steroid dienone is 1. The van der Waals surface area contributed by atoms with Crippen LogP contribution in [0.4, 0.5) is 0 Å². The summed E-state index contributed by atoms with van der Waals surface area (Å²) in [6.07, 6.45) is 9.59. The predicted octanol–water partition coefficient (Wildman–Crippen LogP) is 2.45. The summed E-state index contributed by atoms with van der Waals surface area (Å²) in [5, 5.41) is 0. The van der Waals surface area contributed by atoms with Gasteiger partial charge in [0.2, 0.25) is 0 Å². The molecule has 0 radical (unpaired) electrons. The van der Waals surface area contributed by atoms with Gasteiger partial charge in [0, 0.05) is 30.1 Å². The predicted molar refractivity (Wildman–Crippen MR) is 83.8 cm³/mol. The number of quaternary nitrogens is 1. The Morgan fingerprint density at radius 1 is 1.14 bits per heavy atom. The van der Waals surface area contributed by atoms with Crippen molar-refractivity contribution in [1.29, 1.82) is 0 Å². The van der Waals surface area contributed by atoms with Crippen molar-refractivity contribution in [2.45, 2.75) is 70.8 Å². The zero-order valence-electron chi connectivity index (χ0n) is 13.9. The Morgan fingerprint density at radius 3 is 2.68 bits per heavy atom. The van der Waals surface area contributed by atoms with Crippen LogP contribution in [0.2, 0.25) is 0 Å². The third kappa shape index (κ3) is 1.61. The Kier molecular flexibility index (Phi) is 2.87. The average Bonchev–Trinajstić information content (AvgIpc) is 2.76. The van der Waals surface area contributed by atoms with Crippen LogP contribution in [-0.2, 0) is 9.59 Å². The SMILES string of the molecule is C[C@@]12CC=C3[C@@H](CC[C@@]4([NH3+])CC(=O)CC[C@@]34C)[C@H]1CCC2=O. The fourth-order valence-electron chi connectivity index (χ4n) is 6.25. The Hall–Kier alpha value is -0.960. The van der Waals surface area contributed by atoms with Crippen molar-refractivity contribution >= 4 is 11.6 Å². The number of Topliss-reactive ketones (excluding diaryl/α,β-unsaturated/α-hetero) is 2. The highest BCUT2D eigenvalue weighted by Crippen LogP contribution is 2.63. The van der Waals surface area contributed by atoms with Crippen molar-refractivity contribution in [3.05, 3.63) is 11.6 Å². The van der Waals surface area contributed by atoms with Crippen molar-refractivity contribution in [2.24, 2.45) is 22.7 Å². The Balaban J connectivity index is 1.77. The molecule has 0 aliphatic heterocycles. The van der Waals surface area contributed by atoms with Gasteiger partial charge >= 0.3 is 0 Å². The van der Waals surface area contributed by atoms with Gasteiger partial charge in [0.15, 0.2) is 0 Å². The molecule has 0 aromatic heterocycles. The maximum Gasteiger partial charge on any atom is 0.139 e. The van der Waals surface area contributed by atoms with Gasteiger partial charge in [-0.3, -0.25) is 9.59 Å². The van der Waals surface area contributed by atoms with E-state index in [0.717, 1.165) is 38.5 Å². The van der Waals surface area contributed by atoms with E-state index in [2.05, 4.69) is 25.7 Å². The van der Waals surface area contributed by atoms with E-state index in [1.165, 1.54) is 0 Å². The first kappa shape index (κ1) is 14.6. The van der Waals surface area contributed by atoms with Gasteiger partial charge in [-0.1, -0.05) is 18.6 Å². The molecule has 3 nitrogen and oxygen atoms in total.